The summed E-state index contributed by atoms with van der Waals surface area (Å²) in [5, 5.41) is 0. The van der Waals surface area contributed by atoms with E-state index in [1.165, 1.54) is 0 Å². The lowest BCUT2D eigenvalue weighted by Gasteiger charge is -2.18. The molecule has 1 atom stereocenters. The van der Waals surface area contributed by atoms with E-state index in [9.17, 15) is 0 Å². The average Bonchev–Trinajstić information content (AvgIpc) is 2.84. The van der Waals surface area contributed by atoms with Crippen LogP contribution in [0.25, 0.3) is 5.69 Å². The van der Waals surface area contributed by atoms with Crippen LogP contribution in [0.2, 0.25) is 0 Å². The van der Waals surface area contributed by atoms with Crippen molar-refractivity contribution in [3.63, 3.8) is 0 Å². The lowest BCUT2D eigenvalue weighted by molar-refractivity contribution is 0.297. The number of nitrogens with two attached hydrogens (primary N) is 1. The van der Waals surface area contributed by atoms with Crippen LogP contribution in [0.5, 0.6) is 11.5 Å². The maximum Gasteiger partial charge on any atom is 0.163 e. The van der Waals surface area contributed by atoms with Crippen LogP contribution in [0, 0.1) is 5.92 Å². The molecule has 1 aliphatic heterocycles. The van der Waals surface area contributed by atoms with E-state index in [0.717, 1.165) is 29.3 Å². The molecule has 2 heterocycles. The molecule has 5 heteroatoms. The summed E-state index contributed by atoms with van der Waals surface area (Å²) in [6, 6.07) is 5.88. The molecule has 0 amide bonds. The molecule has 1 aromatic carbocycles. The predicted molar refractivity (Wildman–Crippen MR) is 80.9 cm³/mol. The fourth-order valence-corrected chi connectivity index (χ4v) is 2.41. The SMILES string of the molecule is CC(C)C(N)c1cncn1-c1ccc2c(c1)OCCCO2. The summed E-state index contributed by atoms with van der Waals surface area (Å²) in [5.41, 5.74) is 8.25. The largest absolute Gasteiger partial charge is 0.490 e. The van der Waals surface area contributed by atoms with Crippen LogP contribution in [-0.2, 0) is 0 Å². The number of imidazole rings is 1. The normalized spacial score (nSPS) is 15.8. The fraction of sp³-hybridized carbons (Fsp3) is 0.438. The van der Waals surface area contributed by atoms with Gasteiger partial charge < -0.3 is 19.8 Å². The third kappa shape index (κ3) is 2.74. The lowest BCUT2D eigenvalue weighted by Crippen LogP contribution is -2.19. The number of benzene rings is 1. The molecule has 0 bridgehead atoms. The second-order valence-electron chi connectivity index (χ2n) is 5.64. The molecule has 1 unspecified atom stereocenters. The number of hydrogen-bond acceptors (Lipinski definition) is 4. The number of ether oxygens (including phenoxy) is 2. The van der Waals surface area contributed by atoms with E-state index >= 15 is 0 Å². The van der Waals surface area contributed by atoms with Gasteiger partial charge in [0.2, 0.25) is 0 Å². The van der Waals surface area contributed by atoms with Crippen LogP contribution >= 0.6 is 0 Å². The number of hydrogen-bond donors (Lipinski definition) is 1. The molecule has 2 aromatic rings. The van der Waals surface area contributed by atoms with Crippen molar-refractivity contribution < 1.29 is 9.47 Å². The maximum absolute atomic E-state index is 6.27. The smallest absolute Gasteiger partial charge is 0.163 e. The molecule has 0 saturated heterocycles. The molecular formula is C16H21N3O2. The third-order valence-electron chi connectivity index (χ3n) is 3.74. The van der Waals surface area contributed by atoms with Gasteiger partial charge in [-0.15, -0.1) is 0 Å². The highest BCUT2D eigenvalue weighted by Crippen LogP contribution is 2.32. The van der Waals surface area contributed by atoms with E-state index < -0.39 is 0 Å². The Balaban J connectivity index is 1.98. The van der Waals surface area contributed by atoms with Gasteiger partial charge in [0.05, 0.1) is 37.1 Å². The Kier molecular flexibility index (Phi) is 3.84. The van der Waals surface area contributed by atoms with Gasteiger partial charge in [0, 0.05) is 18.5 Å². The molecule has 0 saturated carbocycles. The number of aromatic nitrogens is 2. The summed E-state index contributed by atoms with van der Waals surface area (Å²) in [4.78, 5) is 4.24. The first kappa shape index (κ1) is 13.9. The second kappa shape index (κ2) is 5.77. The first-order valence-electron chi connectivity index (χ1n) is 7.34. The van der Waals surface area contributed by atoms with Gasteiger partial charge >= 0.3 is 0 Å². The standard InChI is InChI=1S/C16H21N3O2/c1-11(2)16(17)13-9-18-10-19(13)12-4-5-14-15(8-12)21-7-3-6-20-14/h4-5,8-11,16H,3,6-7,17H2,1-2H3. The van der Waals surface area contributed by atoms with Crippen molar-refractivity contribution in [1.82, 2.24) is 9.55 Å². The molecular weight excluding hydrogens is 266 g/mol. The molecule has 3 rings (SSSR count). The van der Waals surface area contributed by atoms with Crippen LogP contribution in [0.3, 0.4) is 0 Å². The molecule has 2 N–H and O–H groups in total. The Morgan fingerprint density at radius 2 is 1.95 bits per heavy atom. The van der Waals surface area contributed by atoms with Gasteiger partial charge in [-0.2, -0.15) is 0 Å². The molecule has 0 radical (unpaired) electrons. The fourth-order valence-electron chi connectivity index (χ4n) is 2.41. The summed E-state index contributed by atoms with van der Waals surface area (Å²) < 4.78 is 13.4. The van der Waals surface area contributed by atoms with Crippen LogP contribution in [0.1, 0.15) is 32.0 Å². The van der Waals surface area contributed by atoms with E-state index in [2.05, 4.69) is 18.8 Å². The van der Waals surface area contributed by atoms with Crippen molar-refractivity contribution in [3.05, 3.63) is 36.4 Å². The minimum Gasteiger partial charge on any atom is -0.490 e. The number of fused-ring (bicyclic) bond motifs is 1. The first-order chi connectivity index (χ1) is 10.2. The zero-order chi connectivity index (χ0) is 14.8. The molecule has 112 valence electrons. The Hall–Kier alpha value is -2.01. The van der Waals surface area contributed by atoms with E-state index in [-0.39, 0.29) is 6.04 Å². The van der Waals surface area contributed by atoms with Crippen LogP contribution in [0.15, 0.2) is 30.7 Å². The van der Waals surface area contributed by atoms with E-state index in [0.29, 0.717) is 19.1 Å². The minimum atomic E-state index is -0.0523. The second-order valence-corrected chi connectivity index (χ2v) is 5.64. The van der Waals surface area contributed by atoms with Gasteiger partial charge in [-0.25, -0.2) is 4.98 Å². The van der Waals surface area contributed by atoms with Crippen LogP contribution < -0.4 is 15.2 Å². The quantitative estimate of drug-likeness (QED) is 0.942. The summed E-state index contributed by atoms with van der Waals surface area (Å²) in [5.74, 6) is 1.93. The van der Waals surface area contributed by atoms with Gasteiger partial charge in [0.1, 0.15) is 0 Å². The lowest BCUT2D eigenvalue weighted by atomic mass is 10.0. The summed E-state index contributed by atoms with van der Waals surface area (Å²) in [7, 11) is 0. The number of nitrogens with zero attached hydrogens (tertiary/aromatic N) is 2. The van der Waals surface area contributed by atoms with E-state index in [1.54, 1.807) is 6.33 Å². The monoisotopic (exact) mass is 287 g/mol. The molecule has 0 spiro atoms. The Bertz CT molecular complexity index is 622. The molecule has 0 aliphatic carbocycles. The maximum atomic E-state index is 6.27. The van der Waals surface area contributed by atoms with Gasteiger partial charge in [0.15, 0.2) is 11.5 Å². The van der Waals surface area contributed by atoms with Crippen molar-refractivity contribution >= 4 is 0 Å². The summed E-state index contributed by atoms with van der Waals surface area (Å²) >= 11 is 0. The Morgan fingerprint density at radius 3 is 2.71 bits per heavy atom. The van der Waals surface area contributed by atoms with Crippen molar-refractivity contribution in [2.75, 3.05) is 13.2 Å². The molecule has 1 aromatic heterocycles. The highest BCUT2D eigenvalue weighted by molar-refractivity contribution is 5.49. The number of rotatable bonds is 3. The van der Waals surface area contributed by atoms with Crippen LogP contribution in [0.4, 0.5) is 0 Å². The first-order valence-corrected chi connectivity index (χ1v) is 7.34. The van der Waals surface area contributed by atoms with Gasteiger partial charge in [-0.3, -0.25) is 0 Å². The summed E-state index contributed by atoms with van der Waals surface area (Å²) in [6.07, 6.45) is 4.52. The Labute approximate surface area is 124 Å². The predicted octanol–water partition coefficient (Wildman–Crippen LogP) is 2.69. The van der Waals surface area contributed by atoms with Gasteiger partial charge in [0.25, 0.3) is 0 Å². The van der Waals surface area contributed by atoms with Gasteiger partial charge in [-0.05, 0) is 18.1 Å². The third-order valence-corrected chi connectivity index (χ3v) is 3.74. The molecule has 21 heavy (non-hydrogen) atoms. The molecule has 1 aliphatic rings. The zero-order valence-corrected chi connectivity index (χ0v) is 12.5. The molecule has 0 fully saturated rings. The van der Waals surface area contributed by atoms with Crippen LogP contribution in [-0.4, -0.2) is 22.8 Å². The Morgan fingerprint density at radius 1 is 1.19 bits per heavy atom. The topological polar surface area (TPSA) is 62.3 Å². The summed E-state index contributed by atoms with van der Waals surface area (Å²) in [6.45, 7) is 5.59. The van der Waals surface area contributed by atoms with Crippen molar-refractivity contribution in [2.24, 2.45) is 11.7 Å². The highest BCUT2D eigenvalue weighted by atomic mass is 16.5. The highest BCUT2D eigenvalue weighted by Gasteiger charge is 2.17. The van der Waals surface area contributed by atoms with Crippen molar-refractivity contribution in [2.45, 2.75) is 26.3 Å². The van der Waals surface area contributed by atoms with Crippen molar-refractivity contribution in [1.29, 1.82) is 0 Å². The van der Waals surface area contributed by atoms with Crippen molar-refractivity contribution in [3.8, 4) is 17.2 Å². The van der Waals surface area contributed by atoms with E-state index in [1.807, 2.05) is 29.0 Å². The average molecular weight is 287 g/mol. The minimum absolute atomic E-state index is 0.0523. The van der Waals surface area contributed by atoms with E-state index in [4.69, 9.17) is 15.2 Å². The van der Waals surface area contributed by atoms with Gasteiger partial charge in [-0.1, -0.05) is 13.8 Å². The molecule has 5 nitrogen and oxygen atoms in total. The zero-order valence-electron chi connectivity index (χ0n) is 12.5.